The summed E-state index contributed by atoms with van der Waals surface area (Å²) in [6, 6.07) is 7.43. The summed E-state index contributed by atoms with van der Waals surface area (Å²) in [4.78, 5) is 14.4. The summed E-state index contributed by atoms with van der Waals surface area (Å²) in [5, 5.41) is 0. The molecule has 0 bridgehead atoms. The first-order chi connectivity index (χ1) is 9.43. The molecule has 1 aliphatic carbocycles. The summed E-state index contributed by atoms with van der Waals surface area (Å²) in [7, 11) is -2.95. The van der Waals surface area contributed by atoms with Crippen molar-refractivity contribution in [2.75, 3.05) is 30.3 Å². The molecule has 1 saturated carbocycles. The number of carbonyl (C=O) groups excluding carboxylic acids is 1. The molecule has 6 heteroatoms. The predicted octanol–water partition coefficient (Wildman–Crippen LogP) is 0.557. The lowest BCUT2D eigenvalue weighted by Crippen LogP contribution is -2.47. The van der Waals surface area contributed by atoms with Crippen LogP contribution < -0.4 is 5.73 Å². The van der Waals surface area contributed by atoms with Crippen LogP contribution in [-0.4, -0.2) is 43.8 Å². The second kappa shape index (κ2) is 4.48. The molecule has 1 aromatic rings. The van der Waals surface area contributed by atoms with E-state index in [1.54, 1.807) is 4.90 Å². The van der Waals surface area contributed by atoms with Crippen molar-refractivity contribution in [1.82, 2.24) is 4.90 Å². The zero-order chi connectivity index (χ0) is 14.4. The molecule has 3 rings (SSSR count). The fourth-order valence-electron chi connectivity index (χ4n) is 2.77. The van der Waals surface area contributed by atoms with Gasteiger partial charge in [-0.3, -0.25) is 4.79 Å². The van der Waals surface area contributed by atoms with Gasteiger partial charge in [-0.15, -0.1) is 0 Å². The molecule has 0 aromatic heterocycles. The van der Waals surface area contributed by atoms with E-state index in [0.29, 0.717) is 18.8 Å². The average molecular weight is 294 g/mol. The third-order valence-electron chi connectivity index (χ3n) is 4.25. The van der Waals surface area contributed by atoms with E-state index >= 15 is 0 Å². The van der Waals surface area contributed by atoms with Crippen molar-refractivity contribution in [3.8, 4) is 0 Å². The van der Waals surface area contributed by atoms with E-state index in [4.69, 9.17) is 5.73 Å². The molecule has 0 radical (unpaired) electrons. The second-order valence-corrected chi connectivity index (χ2v) is 7.95. The molecule has 5 nitrogen and oxygen atoms in total. The normalized spacial score (nSPS) is 23.3. The van der Waals surface area contributed by atoms with Crippen molar-refractivity contribution >= 4 is 21.4 Å². The van der Waals surface area contributed by atoms with Crippen LogP contribution in [0.3, 0.4) is 0 Å². The number of hydrogen-bond acceptors (Lipinski definition) is 4. The first-order valence-corrected chi connectivity index (χ1v) is 8.61. The number of sulfone groups is 1. The Morgan fingerprint density at radius 2 is 1.65 bits per heavy atom. The van der Waals surface area contributed by atoms with Crippen LogP contribution >= 0.6 is 0 Å². The van der Waals surface area contributed by atoms with Crippen LogP contribution in [0.15, 0.2) is 24.3 Å². The van der Waals surface area contributed by atoms with Gasteiger partial charge in [0.05, 0.1) is 16.9 Å². The Bertz CT molecular complexity index is 619. The number of carbonyl (C=O) groups is 1. The molecule has 0 unspecified atom stereocenters. The Hall–Kier alpha value is -1.56. The van der Waals surface area contributed by atoms with Crippen molar-refractivity contribution in [3.05, 3.63) is 29.8 Å². The van der Waals surface area contributed by atoms with Gasteiger partial charge in [0.15, 0.2) is 9.84 Å². The van der Waals surface area contributed by atoms with Crippen molar-refractivity contribution < 1.29 is 13.2 Å². The number of benzene rings is 1. The monoisotopic (exact) mass is 294 g/mol. The molecule has 2 N–H and O–H groups in total. The first-order valence-electron chi connectivity index (χ1n) is 6.79. The van der Waals surface area contributed by atoms with Crippen LogP contribution in [0.5, 0.6) is 0 Å². The molecule has 1 aliphatic heterocycles. The highest BCUT2D eigenvalue weighted by Gasteiger charge is 2.53. The fraction of sp³-hybridized carbons (Fsp3) is 0.500. The van der Waals surface area contributed by atoms with Crippen LogP contribution in [0.1, 0.15) is 18.4 Å². The third-order valence-corrected chi connectivity index (χ3v) is 5.86. The molecule has 2 fully saturated rings. The van der Waals surface area contributed by atoms with E-state index in [2.05, 4.69) is 0 Å². The summed E-state index contributed by atoms with van der Waals surface area (Å²) >= 11 is 0. The molecule has 1 saturated heterocycles. The topological polar surface area (TPSA) is 80.5 Å². The summed E-state index contributed by atoms with van der Waals surface area (Å²) < 4.78 is 22.9. The Balaban J connectivity index is 1.79. The zero-order valence-corrected chi connectivity index (χ0v) is 12.0. The molecule has 2 aliphatic rings. The number of nitrogens with zero attached hydrogens (tertiary/aromatic N) is 1. The molecule has 0 spiro atoms. The minimum absolute atomic E-state index is 0.0668. The maximum atomic E-state index is 12.7. The maximum absolute atomic E-state index is 12.7. The quantitative estimate of drug-likeness (QED) is 0.808. The van der Waals surface area contributed by atoms with Crippen LogP contribution in [0.25, 0.3) is 0 Å². The van der Waals surface area contributed by atoms with Gasteiger partial charge in [-0.1, -0.05) is 12.1 Å². The number of rotatable bonds is 2. The standard InChI is InChI=1S/C14H18N2O3S/c15-12-3-1-11(2-4-12)14(5-6-14)13(17)16-7-9-20(18,19)10-8-16/h1-4H,5-10,15H2. The summed E-state index contributed by atoms with van der Waals surface area (Å²) in [6.07, 6.45) is 1.66. The number of hydrogen-bond donors (Lipinski definition) is 1. The first kappa shape index (κ1) is 13.4. The van der Waals surface area contributed by atoms with Gasteiger partial charge in [0.1, 0.15) is 0 Å². The number of amides is 1. The van der Waals surface area contributed by atoms with E-state index in [1.807, 2.05) is 24.3 Å². The van der Waals surface area contributed by atoms with Gasteiger partial charge < -0.3 is 10.6 Å². The molecule has 0 atom stereocenters. The molecule has 1 aromatic carbocycles. The number of nitrogen functional groups attached to an aromatic ring is 1. The second-order valence-electron chi connectivity index (χ2n) is 5.65. The molecule has 1 heterocycles. The highest BCUT2D eigenvalue weighted by Crippen LogP contribution is 2.49. The predicted molar refractivity (Wildman–Crippen MR) is 77.0 cm³/mol. The van der Waals surface area contributed by atoms with E-state index < -0.39 is 15.3 Å². The highest BCUT2D eigenvalue weighted by atomic mass is 32.2. The Morgan fingerprint density at radius 3 is 2.15 bits per heavy atom. The van der Waals surface area contributed by atoms with Crippen LogP contribution in [0, 0.1) is 0 Å². The van der Waals surface area contributed by atoms with Gasteiger partial charge in [-0.05, 0) is 30.5 Å². The average Bonchev–Trinajstić information content (AvgIpc) is 3.20. The van der Waals surface area contributed by atoms with Crippen molar-refractivity contribution in [3.63, 3.8) is 0 Å². The molecule has 1 amide bonds. The highest BCUT2D eigenvalue weighted by molar-refractivity contribution is 7.91. The van der Waals surface area contributed by atoms with Crippen molar-refractivity contribution in [2.24, 2.45) is 0 Å². The lowest BCUT2D eigenvalue weighted by atomic mass is 9.94. The summed E-state index contributed by atoms with van der Waals surface area (Å²) in [6.45, 7) is 0.635. The largest absolute Gasteiger partial charge is 0.399 e. The van der Waals surface area contributed by atoms with Gasteiger partial charge in [-0.25, -0.2) is 8.42 Å². The Labute approximate surface area is 118 Å². The van der Waals surface area contributed by atoms with E-state index in [-0.39, 0.29) is 17.4 Å². The third kappa shape index (κ3) is 2.28. The van der Waals surface area contributed by atoms with E-state index in [9.17, 15) is 13.2 Å². The summed E-state index contributed by atoms with van der Waals surface area (Å²) in [5.74, 6) is 0.227. The molecular weight excluding hydrogens is 276 g/mol. The van der Waals surface area contributed by atoms with E-state index in [0.717, 1.165) is 18.4 Å². The van der Waals surface area contributed by atoms with Crippen LogP contribution in [0.4, 0.5) is 5.69 Å². The summed E-state index contributed by atoms with van der Waals surface area (Å²) in [5.41, 5.74) is 6.91. The maximum Gasteiger partial charge on any atom is 0.233 e. The Kier molecular flexibility index (Phi) is 3.01. The zero-order valence-electron chi connectivity index (χ0n) is 11.2. The number of nitrogens with two attached hydrogens (primary N) is 1. The molecule has 20 heavy (non-hydrogen) atoms. The fourth-order valence-corrected chi connectivity index (χ4v) is 3.97. The van der Waals surface area contributed by atoms with Gasteiger partial charge in [0.25, 0.3) is 0 Å². The van der Waals surface area contributed by atoms with Crippen molar-refractivity contribution in [1.29, 1.82) is 0 Å². The van der Waals surface area contributed by atoms with E-state index in [1.165, 1.54) is 0 Å². The minimum Gasteiger partial charge on any atom is -0.399 e. The smallest absolute Gasteiger partial charge is 0.233 e. The molecular formula is C14H18N2O3S. The molecule has 108 valence electrons. The van der Waals surface area contributed by atoms with Gasteiger partial charge in [-0.2, -0.15) is 0 Å². The van der Waals surface area contributed by atoms with Gasteiger partial charge >= 0.3 is 0 Å². The lowest BCUT2D eigenvalue weighted by molar-refractivity contribution is -0.133. The van der Waals surface area contributed by atoms with Crippen LogP contribution in [0.2, 0.25) is 0 Å². The number of anilines is 1. The lowest BCUT2D eigenvalue weighted by Gasteiger charge is -2.30. The van der Waals surface area contributed by atoms with Crippen LogP contribution in [-0.2, 0) is 20.0 Å². The van der Waals surface area contributed by atoms with Gasteiger partial charge in [0.2, 0.25) is 5.91 Å². The SMILES string of the molecule is Nc1ccc(C2(C(=O)N3CCS(=O)(=O)CC3)CC2)cc1. The Morgan fingerprint density at radius 1 is 1.10 bits per heavy atom. The van der Waals surface area contributed by atoms with Gasteiger partial charge in [0, 0.05) is 18.8 Å². The van der Waals surface area contributed by atoms with Crippen molar-refractivity contribution in [2.45, 2.75) is 18.3 Å². The minimum atomic E-state index is -2.95.